The topological polar surface area (TPSA) is 88.4 Å². The van der Waals surface area contributed by atoms with Gasteiger partial charge in [-0.25, -0.2) is 13.2 Å². The zero-order chi connectivity index (χ0) is 17.2. The molecule has 0 saturated carbocycles. The Labute approximate surface area is 148 Å². The molecule has 1 atom stereocenters. The number of urea groups is 1. The minimum Gasteiger partial charge on any atom is -0.459 e. The lowest BCUT2D eigenvalue weighted by Crippen LogP contribution is -2.42. The van der Waals surface area contributed by atoms with E-state index in [0.717, 1.165) is 15.8 Å². The first-order chi connectivity index (χ1) is 11.4. The number of carbonyl (C=O) groups is 1. The maximum absolute atomic E-state index is 11.8. The van der Waals surface area contributed by atoms with Crippen molar-refractivity contribution >= 4 is 31.8 Å². The third-order valence-corrected chi connectivity index (χ3v) is 6.08. The number of rotatable bonds is 4. The molecule has 2 heterocycles. The predicted molar refractivity (Wildman–Crippen MR) is 94.3 cm³/mol. The van der Waals surface area contributed by atoms with Crippen molar-refractivity contribution in [2.45, 2.75) is 19.0 Å². The van der Waals surface area contributed by atoms with Gasteiger partial charge in [-0.1, -0.05) is 28.1 Å². The summed E-state index contributed by atoms with van der Waals surface area (Å²) in [6, 6.07) is 10.7. The third-order valence-electron chi connectivity index (χ3n) is 3.78. The van der Waals surface area contributed by atoms with Gasteiger partial charge in [-0.05, 0) is 30.7 Å². The van der Waals surface area contributed by atoms with E-state index >= 15 is 0 Å². The van der Waals surface area contributed by atoms with Crippen molar-refractivity contribution in [1.29, 1.82) is 0 Å². The molecule has 1 saturated heterocycles. The van der Waals surface area contributed by atoms with Gasteiger partial charge < -0.3 is 15.1 Å². The molecule has 128 valence electrons. The summed E-state index contributed by atoms with van der Waals surface area (Å²) in [5.41, 5.74) is 0.949. The standard InChI is InChI=1S/C16H17BrN2O4S/c17-12-3-1-11(2-4-12)15-6-5-14(23-15)9-18-16(20)19-13-7-8-24(21,22)10-13/h1-6,13H,7-10H2,(H2,18,19,20)/t13-/m1/s1. The molecule has 0 radical (unpaired) electrons. The van der Waals surface area contributed by atoms with Gasteiger partial charge in [0.2, 0.25) is 0 Å². The van der Waals surface area contributed by atoms with Crippen molar-refractivity contribution in [3.05, 3.63) is 46.6 Å². The lowest BCUT2D eigenvalue weighted by molar-refractivity contribution is 0.236. The fourth-order valence-electron chi connectivity index (χ4n) is 2.55. The van der Waals surface area contributed by atoms with Crippen LogP contribution in [0.25, 0.3) is 11.3 Å². The van der Waals surface area contributed by atoms with Crippen LogP contribution in [0, 0.1) is 0 Å². The lowest BCUT2D eigenvalue weighted by Gasteiger charge is -2.11. The molecule has 1 aliphatic rings. The third kappa shape index (κ3) is 4.39. The number of hydrogen-bond acceptors (Lipinski definition) is 4. The highest BCUT2D eigenvalue weighted by Crippen LogP contribution is 2.23. The van der Waals surface area contributed by atoms with Gasteiger partial charge in [0.1, 0.15) is 11.5 Å². The largest absolute Gasteiger partial charge is 0.459 e. The van der Waals surface area contributed by atoms with E-state index in [4.69, 9.17) is 4.42 Å². The molecule has 2 amide bonds. The zero-order valence-electron chi connectivity index (χ0n) is 12.8. The molecular formula is C16H17BrN2O4S. The minimum absolute atomic E-state index is 0.00882. The number of sulfone groups is 1. The Kier molecular flexibility index (Phi) is 4.96. The van der Waals surface area contributed by atoms with Gasteiger partial charge in [0, 0.05) is 16.1 Å². The minimum atomic E-state index is -3.00. The van der Waals surface area contributed by atoms with Gasteiger partial charge in [0.05, 0.1) is 18.1 Å². The summed E-state index contributed by atoms with van der Waals surface area (Å²) >= 11 is 3.38. The van der Waals surface area contributed by atoms with E-state index in [2.05, 4.69) is 26.6 Å². The zero-order valence-corrected chi connectivity index (χ0v) is 15.2. The number of nitrogens with one attached hydrogen (secondary N) is 2. The van der Waals surface area contributed by atoms with Crippen molar-refractivity contribution in [3.63, 3.8) is 0 Å². The molecule has 2 aromatic rings. The first kappa shape index (κ1) is 17.0. The van der Waals surface area contributed by atoms with Crippen LogP contribution in [0.3, 0.4) is 0 Å². The van der Waals surface area contributed by atoms with Gasteiger partial charge in [-0.2, -0.15) is 0 Å². The second-order valence-electron chi connectivity index (χ2n) is 5.70. The Morgan fingerprint density at radius 2 is 1.96 bits per heavy atom. The molecule has 8 heteroatoms. The molecule has 0 spiro atoms. The maximum atomic E-state index is 11.8. The molecule has 2 N–H and O–H groups in total. The fraction of sp³-hybridized carbons (Fsp3) is 0.312. The molecule has 24 heavy (non-hydrogen) atoms. The predicted octanol–water partition coefficient (Wildman–Crippen LogP) is 2.70. The molecule has 1 fully saturated rings. The Morgan fingerprint density at radius 1 is 1.21 bits per heavy atom. The Hall–Kier alpha value is -1.80. The van der Waals surface area contributed by atoms with Crippen molar-refractivity contribution < 1.29 is 17.6 Å². The molecule has 1 aromatic heterocycles. The number of carbonyl (C=O) groups excluding carboxylic acids is 1. The van der Waals surface area contributed by atoms with Crippen molar-refractivity contribution in [1.82, 2.24) is 10.6 Å². The van der Waals surface area contributed by atoms with Crippen molar-refractivity contribution in [2.75, 3.05) is 11.5 Å². The van der Waals surface area contributed by atoms with Crippen LogP contribution < -0.4 is 10.6 Å². The molecule has 0 unspecified atom stereocenters. The van der Waals surface area contributed by atoms with Crippen LogP contribution in [0.1, 0.15) is 12.2 Å². The van der Waals surface area contributed by atoms with E-state index < -0.39 is 15.9 Å². The summed E-state index contributed by atoms with van der Waals surface area (Å²) in [5, 5.41) is 5.35. The summed E-state index contributed by atoms with van der Waals surface area (Å²) in [6.07, 6.45) is 0.463. The second kappa shape index (κ2) is 6.98. The van der Waals surface area contributed by atoms with Crippen LogP contribution in [-0.4, -0.2) is 32.0 Å². The first-order valence-electron chi connectivity index (χ1n) is 7.51. The smallest absolute Gasteiger partial charge is 0.315 e. The van der Waals surface area contributed by atoms with Crippen LogP contribution in [-0.2, 0) is 16.4 Å². The Balaban J connectivity index is 1.52. The molecule has 1 aliphatic heterocycles. The molecule has 0 aliphatic carbocycles. The van der Waals surface area contributed by atoms with E-state index in [1.165, 1.54) is 0 Å². The van der Waals surface area contributed by atoms with E-state index in [1.807, 2.05) is 30.3 Å². The van der Waals surface area contributed by atoms with E-state index in [0.29, 0.717) is 12.2 Å². The summed E-state index contributed by atoms with van der Waals surface area (Å²) in [7, 11) is -3.00. The first-order valence-corrected chi connectivity index (χ1v) is 10.1. The molecule has 6 nitrogen and oxygen atoms in total. The lowest BCUT2D eigenvalue weighted by atomic mass is 10.2. The van der Waals surface area contributed by atoms with Gasteiger partial charge >= 0.3 is 6.03 Å². The molecule has 3 rings (SSSR count). The van der Waals surface area contributed by atoms with E-state index in [-0.39, 0.29) is 24.1 Å². The van der Waals surface area contributed by atoms with Crippen LogP contribution in [0.5, 0.6) is 0 Å². The molecule has 0 bridgehead atoms. The van der Waals surface area contributed by atoms with Crippen LogP contribution in [0.15, 0.2) is 45.3 Å². The van der Waals surface area contributed by atoms with Gasteiger partial charge in [-0.3, -0.25) is 0 Å². The molecule has 1 aromatic carbocycles. The number of hydrogen-bond donors (Lipinski definition) is 2. The summed E-state index contributed by atoms with van der Waals surface area (Å²) in [6.45, 7) is 0.238. The number of halogens is 1. The monoisotopic (exact) mass is 412 g/mol. The Bertz CT molecular complexity index is 830. The highest BCUT2D eigenvalue weighted by atomic mass is 79.9. The SMILES string of the molecule is O=C(NCc1ccc(-c2ccc(Br)cc2)o1)N[C@@H]1CCS(=O)(=O)C1. The quantitative estimate of drug-likeness (QED) is 0.807. The molecular weight excluding hydrogens is 396 g/mol. The van der Waals surface area contributed by atoms with Gasteiger partial charge in [-0.15, -0.1) is 0 Å². The second-order valence-corrected chi connectivity index (χ2v) is 8.84. The highest BCUT2D eigenvalue weighted by molar-refractivity contribution is 9.10. The van der Waals surface area contributed by atoms with Crippen LogP contribution >= 0.6 is 15.9 Å². The van der Waals surface area contributed by atoms with Crippen molar-refractivity contribution in [3.8, 4) is 11.3 Å². The van der Waals surface area contributed by atoms with Crippen LogP contribution in [0.2, 0.25) is 0 Å². The normalized spacial score (nSPS) is 19.1. The van der Waals surface area contributed by atoms with Gasteiger partial charge in [0.25, 0.3) is 0 Å². The van der Waals surface area contributed by atoms with Crippen LogP contribution in [0.4, 0.5) is 4.79 Å². The van der Waals surface area contributed by atoms with E-state index in [1.54, 1.807) is 6.07 Å². The summed E-state index contributed by atoms with van der Waals surface area (Å²) < 4.78 is 29.4. The average Bonchev–Trinajstić information content (AvgIpc) is 3.12. The van der Waals surface area contributed by atoms with Gasteiger partial charge in [0.15, 0.2) is 9.84 Å². The number of benzene rings is 1. The number of furan rings is 1. The average molecular weight is 413 g/mol. The fourth-order valence-corrected chi connectivity index (χ4v) is 4.49. The summed E-state index contributed by atoms with van der Waals surface area (Å²) in [4.78, 5) is 11.8. The maximum Gasteiger partial charge on any atom is 0.315 e. The summed E-state index contributed by atoms with van der Waals surface area (Å²) in [5.74, 6) is 1.49. The van der Waals surface area contributed by atoms with E-state index in [9.17, 15) is 13.2 Å². The Morgan fingerprint density at radius 3 is 2.62 bits per heavy atom. The highest BCUT2D eigenvalue weighted by Gasteiger charge is 2.28. The van der Waals surface area contributed by atoms with Crippen molar-refractivity contribution in [2.24, 2.45) is 0 Å². The number of amides is 2.